The topological polar surface area (TPSA) is 23.5 Å². The first-order valence-electron chi connectivity index (χ1n) is 6.00. The van der Waals surface area contributed by atoms with E-state index < -0.39 is 0 Å². The van der Waals surface area contributed by atoms with E-state index in [4.69, 9.17) is 11.6 Å². The Kier molecular flexibility index (Phi) is 3.13. The summed E-state index contributed by atoms with van der Waals surface area (Å²) < 4.78 is 0. The Hall–Kier alpha value is -0.730. The lowest BCUT2D eigenvalue weighted by molar-refractivity contribution is 0.188. The molecule has 2 rings (SSSR count). The average molecular weight is 254 g/mol. The van der Waals surface area contributed by atoms with E-state index in [-0.39, 0.29) is 11.2 Å². The van der Waals surface area contributed by atoms with Gasteiger partial charge in [0.25, 0.3) is 0 Å². The van der Waals surface area contributed by atoms with Crippen molar-refractivity contribution in [2.45, 2.75) is 32.1 Å². The number of phenolic OH excluding ortho intramolecular Hbond substituents is 1. The van der Waals surface area contributed by atoms with E-state index in [2.05, 4.69) is 32.7 Å². The molecule has 0 atom stereocenters. The van der Waals surface area contributed by atoms with Crippen molar-refractivity contribution in [3.8, 4) is 5.75 Å². The van der Waals surface area contributed by atoms with Crippen LogP contribution >= 0.6 is 11.6 Å². The van der Waals surface area contributed by atoms with Crippen LogP contribution in [0.1, 0.15) is 37.8 Å². The molecule has 1 N–H and O–H groups in total. The summed E-state index contributed by atoms with van der Waals surface area (Å²) in [5.41, 5.74) is 2.39. The molecule has 1 heterocycles. The zero-order valence-electron chi connectivity index (χ0n) is 10.9. The molecule has 1 saturated heterocycles. The van der Waals surface area contributed by atoms with E-state index in [1.165, 1.54) is 11.1 Å². The largest absolute Gasteiger partial charge is 0.508 e. The molecule has 0 aliphatic carbocycles. The molecule has 0 spiro atoms. The molecule has 17 heavy (non-hydrogen) atoms. The fraction of sp³-hybridized carbons (Fsp3) is 0.571. The molecule has 1 aromatic carbocycles. The Balaban J connectivity index is 2.48. The van der Waals surface area contributed by atoms with E-state index in [0.29, 0.717) is 10.9 Å². The molecule has 1 fully saturated rings. The first-order chi connectivity index (χ1) is 7.79. The van der Waals surface area contributed by atoms with Crippen molar-refractivity contribution in [1.82, 2.24) is 4.90 Å². The zero-order valence-corrected chi connectivity index (χ0v) is 11.7. The average Bonchev–Trinajstić information content (AvgIpc) is 2.11. The Morgan fingerprint density at radius 2 is 1.88 bits per heavy atom. The van der Waals surface area contributed by atoms with Crippen LogP contribution in [0.3, 0.4) is 0 Å². The standard InChI is InChI=1S/C14H20ClNO/c1-14(2,3)11-5-10(17)6-12(15)13(11)9-7-16(4)8-9/h5-6,9,17H,7-8H2,1-4H3. The predicted octanol–water partition coefficient (Wildman–Crippen LogP) is 3.37. The normalized spacial score (nSPS) is 18.2. The van der Waals surface area contributed by atoms with Crippen LogP contribution in [0, 0.1) is 0 Å². The Bertz CT molecular complexity index is 431. The van der Waals surface area contributed by atoms with Crippen LogP contribution in [0.15, 0.2) is 12.1 Å². The molecule has 0 saturated carbocycles. The van der Waals surface area contributed by atoms with Gasteiger partial charge in [0, 0.05) is 24.0 Å². The number of aromatic hydroxyl groups is 1. The number of likely N-dealkylation sites (tertiary alicyclic amines) is 1. The Morgan fingerprint density at radius 3 is 2.35 bits per heavy atom. The minimum Gasteiger partial charge on any atom is -0.508 e. The minimum absolute atomic E-state index is 0.00583. The van der Waals surface area contributed by atoms with Gasteiger partial charge in [0.2, 0.25) is 0 Å². The molecular formula is C14H20ClNO. The monoisotopic (exact) mass is 253 g/mol. The summed E-state index contributed by atoms with van der Waals surface area (Å²) in [5, 5.41) is 10.4. The number of phenols is 1. The lowest BCUT2D eigenvalue weighted by Crippen LogP contribution is -2.42. The van der Waals surface area contributed by atoms with Gasteiger partial charge >= 0.3 is 0 Å². The third kappa shape index (κ3) is 2.43. The lowest BCUT2D eigenvalue weighted by Gasteiger charge is -2.39. The van der Waals surface area contributed by atoms with Gasteiger partial charge < -0.3 is 10.0 Å². The van der Waals surface area contributed by atoms with Crippen molar-refractivity contribution in [2.24, 2.45) is 0 Å². The number of benzene rings is 1. The minimum atomic E-state index is 0.00583. The summed E-state index contributed by atoms with van der Waals surface area (Å²) in [4.78, 5) is 2.28. The summed E-state index contributed by atoms with van der Waals surface area (Å²) in [6.07, 6.45) is 0. The van der Waals surface area contributed by atoms with Gasteiger partial charge in [-0.25, -0.2) is 0 Å². The molecule has 1 aliphatic rings. The molecule has 1 aromatic rings. The number of nitrogens with zero attached hydrogens (tertiary/aromatic N) is 1. The van der Waals surface area contributed by atoms with E-state index in [1.54, 1.807) is 6.07 Å². The number of rotatable bonds is 1. The summed E-state index contributed by atoms with van der Waals surface area (Å²) in [6, 6.07) is 3.52. The number of hydrogen-bond donors (Lipinski definition) is 1. The van der Waals surface area contributed by atoms with Crippen LogP contribution in [-0.2, 0) is 5.41 Å². The number of likely N-dealkylation sites (N-methyl/N-ethyl adjacent to an activating group) is 1. The summed E-state index contributed by atoms with van der Waals surface area (Å²) in [6.45, 7) is 8.57. The van der Waals surface area contributed by atoms with Crippen LogP contribution in [0.25, 0.3) is 0 Å². The smallest absolute Gasteiger partial charge is 0.117 e. The maximum Gasteiger partial charge on any atom is 0.117 e. The van der Waals surface area contributed by atoms with Gasteiger partial charge in [-0.1, -0.05) is 32.4 Å². The van der Waals surface area contributed by atoms with Crippen molar-refractivity contribution >= 4 is 11.6 Å². The lowest BCUT2D eigenvalue weighted by atomic mass is 9.78. The van der Waals surface area contributed by atoms with Crippen molar-refractivity contribution in [2.75, 3.05) is 20.1 Å². The highest BCUT2D eigenvalue weighted by Gasteiger charge is 2.32. The predicted molar refractivity (Wildman–Crippen MR) is 72.1 cm³/mol. The fourth-order valence-electron chi connectivity index (χ4n) is 2.52. The highest BCUT2D eigenvalue weighted by Crippen LogP contribution is 2.41. The van der Waals surface area contributed by atoms with Crippen LogP contribution < -0.4 is 0 Å². The SMILES string of the molecule is CN1CC(c2c(Cl)cc(O)cc2C(C)(C)C)C1. The highest BCUT2D eigenvalue weighted by molar-refractivity contribution is 6.31. The second-order valence-corrected chi connectivity index (χ2v) is 6.46. The first kappa shape index (κ1) is 12.7. The van der Waals surface area contributed by atoms with Crippen LogP contribution in [0.4, 0.5) is 0 Å². The molecule has 3 heteroatoms. The second kappa shape index (κ2) is 4.18. The van der Waals surface area contributed by atoms with Gasteiger partial charge in [0.15, 0.2) is 0 Å². The van der Waals surface area contributed by atoms with Gasteiger partial charge in [0.05, 0.1) is 0 Å². The number of halogens is 1. The van der Waals surface area contributed by atoms with Crippen LogP contribution in [-0.4, -0.2) is 30.1 Å². The van der Waals surface area contributed by atoms with E-state index in [0.717, 1.165) is 13.1 Å². The molecule has 1 aliphatic heterocycles. The zero-order chi connectivity index (χ0) is 12.8. The van der Waals surface area contributed by atoms with Gasteiger partial charge in [-0.15, -0.1) is 0 Å². The molecule has 0 unspecified atom stereocenters. The maximum absolute atomic E-state index is 9.71. The van der Waals surface area contributed by atoms with Crippen LogP contribution in [0.5, 0.6) is 5.75 Å². The molecule has 2 nitrogen and oxygen atoms in total. The molecule has 0 radical (unpaired) electrons. The summed E-state index contributed by atoms with van der Waals surface area (Å²) in [5.74, 6) is 0.763. The van der Waals surface area contributed by atoms with Gasteiger partial charge in [-0.05, 0) is 35.7 Å². The number of hydrogen-bond acceptors (Lipinski definition) is 2. The molecule has 94 valence electrons. The van der Waals surface area contributed by atoms with Crippen molar-refractivity contribution < 1.29 is 5.11 Å². The van der Waals surface area contributed by atoms with Crippen molar-refractivity contribution in [1.29, 1.82) is 0 Å². The van der Waals surface area contributed by atoms with Gasteiger partial charge in [-0.3, -0.25) is 0 Å². The van der Waals surface area contributed by atoms with Gasteiger partial charge in [0.1, 0.15) is 5.75 Å². The molecule has 0 aromatic heterocycles. The quantitative estimate of drug-likeness (QED) is 0.830. The first-order valence-corrected chi connectivity index (χ1v) is 6.38. The van der Waals surface area contributed by atoms with Crippen molar-refractivity contribution in [3.05, 3.63) is 28.3 Å². The third-order valence-corrected chi connectivity index (χ3v) is 3.71. The van der Waals surface area contributed by atoms with Crippen LogP contribution in [0.2, 0.25) is 5.02 Å². The molecular weight excluding hydrogens is 234 g/mol. The van der Waals surface area contributed by atoms with E-state index in [9.17, 15) is 5.11 Å². The van der Waals surface area contributed by atoms with E-state index in [1.807, 2.05) is 6.07 Å². The molecule has 0 bridgehead atoms. The van der Waals surface area contributed by atoms with Gasteiger partial charge in [-0.2, -0.15) is 0 Å². The highest BCUT2D eigenvalue weighted by atomic mass is 35.5. The maximum atomic E-state index is 9.71. The second-order valence-electron chi connectivity index (χ2n) is 6.06. The summed E-state index contributed by atoms with van der Waals surface area (Å²) >= 11 is 6.32. The summed E-state index contributed by atoms with van der Waals surface area (Å²) in [7, 11) is 2.11. The molecule has 0 amide bonds. The Labute approximate surface area is 108 Å². The van der Waals surface area contributed by atoms with Crippen molar-refractivity contribution in [3.63, 3.8) is 0 Å². The fourth-order valence-corrected chi connectivity index (χ4v) is 2.89. The van der Waals surface area contributed by atoms with E-state index >= 15 is 0 Å². The third-order valence-electron chi connectivity index (χ3n) is 3.39. The Morgan fingerprint density at radius 1 is 1.29 bits per heavy atom.